The average Bonchev–Trinajstić information content (AvgIpc) is 2.31. The van der Waals surface area contributed by atoms with E-state index in [9.17, 15) is 4.39 Å². The predicted octanol–water partition coefficient (Wildman–Crippen LogP) is 1.60. The van der Waals surface area contributed by atoms with E-state index in [0.29, 0.717) is 6.42 Å². The van der Waals surface area contributed by atoms with Gasteiger partial charge in [0.15, 0.2) is 0 Å². The van der Waals surface area contributed by atoms with Gasteiger partial charge in [-0.15, -0.1) is 11.3 Å². The second-order valence-corrected chi connectivity index (χ2v) is 4.07. The van der Waals surface area contributed by atoms with Gasteiger partial charge in [-0.3, -0.25) is 0 Å². The van der Waals surface area contributed by atoms with Crippen LogP contribution in [-0.4, -0.2) is 17.7 Å². The fraction of sp³-hybridized carbons (Fsp3) is 0.625. The van der Waals surface area contributed by atoms with Crippen molar-refractivity contribution in [1.29, 1.82) is 0 Å². The first kappa shape index (κ1) is 9.61. The number of rotatable bonds is 3. The maximum atomic E-state index is 12.8. The zero-order chi connectivity index (χ0) is 9.14. The topological polar surface area (TPSA) is 38.9 Å². The lowest BCUT2D eigenvalue weighted by Crippen LogP contribution is -2.17. The van der Waals surface area contributed by atoms with Crippen molar-refractivity contribution in [3.63, 3.8) is 0 Å². The van der Waals surface area contributed by atoms with Crippen molar-refractivity contribution in [2.45, 2.75) is 26.4 Å². The fourth-order valence-corrected chi connectivity index (χ4v) is 1.89. The van der Waals surface area contributed by atoms with E-state index in [-0.39, 0.29) is 6.54 Å². The predicted molar refractivity (Wildman–Crippen MR) is 49.2 cm³/mol. The first-order chi connectivity index (χ1) is 5.63. The van der Waals surface area contributed by atoms with E-state index < -0.39 is 6.17 Å². The number of thiazole rings is 1. The third-order valence-electron chi connectivity index (χ3n) is 1.72. The molecule has 1 heterocycles. The van der Waals surface area contributed by atoms with E-state index in [0.717, 1.165) is 15.6 Å². The Labute approximate surface area is 75.6 Å². The highest BCUT2D eigenvalue weighted by atomic mass is 32.1. The molecule has 0 saturated carbocycles. The average molecular weight is 188 g/mol. The summed E-state index contributed by atoms with van der Waals surface area (Å²) < 4.78 is 12.8. The molecular weight excluding hydrogens is 175 g/mol. The Morgan fingerprint density at radius 3 is 2.67 bits per heavy atom. The molecule has 0 radical (unpaired) electrons. The Bertz CT molecular complexity index is 240. The Balaban J connectivity index is 2.64. The Morgan fingerprint density at radius 2 is 2.25 bits per heavy atom. The molecule has 0 amide bonds. The van der Waals surface area contributed by atoms with Crippen LogP contribution in [0.1, 0.15) is 15.6 Å². The summed E-state index contributed by atoms with van der Waals surface area (Å²) in [5.41, 5.74) is 6.17. The van der Waals surface area contributed by atoms with Crippen molar-refractivity contribution in [1.82, 2.24) is 4.98 Å². The number of aryl methyl sites for hydroxylation is 2. The monoisotopic (exact) mass is 188 g/mol. The molecule has 1 aromatic heterocycles. The molecule has 2 nitrogen and oxygen atoms in total. The lowest BCUT2D eigenvalue weighted by molar-refractivity contribution is 0.340. The van der Waals surface area contributed by atoms with Crippen LogP contribution < -0.4 is 5.73 Å². The van der Waals surface area contributed by atoms with Crippen molar-refractivity contribution < 1.29 is 4.39 Å². The van der Waals surface area contributed by atoms with Gasteiger partial charge < -0.3 is 5.73 Å². The summed E-state index contributed by atoms with van der Waals surface area (Å²) in [4.78, 5) is 5.38. The molecule has 1 atom stereocenters. The van der Waals surface area contributed by atoms with Crippen molar-refractivity contribution in [3.8, 4) is 0 Å². The molecular formula is C8H13FN2S. The van der Waals surface area contributed by atoms with E-state index >= 15 is 0 Å². The first-order valence-electron chi connectivity index (χ1n) is 3.90. The van der Waals surface area contributed by atoms with Crippen LogP contribution in [0.25, 0.3) is 0 Å². The maximum Gasteiger partial charge on any atom is 0.119 e. The van der Waals surface area contributed by atoms with Crippen LogP contribution in [0.15, 0.2) is 0 Å². The van der Waals surface area contributed by atoms with Crippen molar-refractivity contribution >= 4 is 11.3 Å². The quantitative estimate of drug-likeness (QED) is 0.782. The molecule has 4 heteroatoms. The molecule has 0 aliphatic carbocycles. The molecule has 0 spiro atoms. The minimum absolute atomic E-state index is 0.0810. The smallest absolute Gasteiger partial charge is 0.119 e. The second kappa shape index (κ2) is 3.96. The van der Waals surface area contributed by atoms with Crippen LogP contribution >= 0.6 is 11.3 Å². The summed E-state index contributed by atoms with van der Waals surface area (Å²) in [6.45, 7) is 4.01. The van der Waals surface area contributed by atoms with Gasteiger partial charge >= 0.3 is 0 Å². The third kappa shape index (κ3) is 2.25. The molecule has 12 heavy (non-hydrogen) atoms. The van der Waals surface area contributed by atoms with Gasteiger partial charge in [-0.1, -0.05) is 0 Å². The minimum Gasteiger partial charge on any atom is -0.328 e. The van der Waals surface area contributed by atoms with Crippen LogP contribution in [-0.2, 0) is 6.42 Å². The SMILES string of the molecule is Cc1nc(CC(F)CN)sc1C. The van der Waals surface area contributed by atoms with Crippen LogP contribution in [0, 0.1) is 13.8 Å². The number of halogens is 1. The van der Waals surface area contributed by atoms with Crippen LogP contribution in [0.2, 0.25) is 0 Å². The summed E-state index contributed by atoms with van der Waals surface area (Å²) in [5, 5.41) is 0.850. The van der Waals surface area contributed by atoms with E-state index in [1.54, 1.807) is 11.3 Å². The molecule has 2 N–H and O–H groups in total. The molecule has 1 unspecified atom stereocenters. The summed E-state index contributed by atoms with van der Waals surface area (Å²) in [5.74, 6) is 0. The number of hydrogen-bond acceptors (Lipinski definition) is 3. The molecule has 68 valence electrons. The fourth-order valence-electron chi connectivity index (χ4n) is 0.899. The van der Waals surface area contributed by atoms with E-state index in [2.05, 4.69) is 4.98 Å². The van der Waals surface area contributed by atoms with Crippen LogP contribution in [0.3, 0.4) is 0 Å². The molecule has 0 saturated heterocycles. The highest BCUT2D eigenvalue weighted by Gasteiger charge is 2.09. The van der Waals surface area contributed by atoms with Gasteiger partial charge in [-0.25, -0.2) is 9.37 Å². The summed E-state index contributed by atoms with van der Waals surface area (Å²) in [6.07, 6.45) is -0.592. The molecule has 0 aliphatic heterocycles. The number of hydrogen-bond donors (Lipinski definition) is 1. The van der Waals surface area contributed by atoms with Gasteiger partial charge in [-0.05, 0) is 13.8 Å². The van der Waals surface area contributed by atoms with E-state index in [1.165, 1.54) is 0 Å². The van der Waals surface area contributed by atoms with Gasteiger partial charge in [0.2, 0.25) is 0 Å². The molecule has 0 aromatic carbocycles. The Hall–Kier alpha value is -0.480. The number of alkyl halides is 1. The van der Waals surface area contributed by atoms with Gasteiger partial charge in [-0.2, -0.15) is 0 Å². The van der Waals surface area contributed by atoms with E-state index in [1.807, 2.05) is 13.8 Å². The summed E-state index contributed by atoms with van der Waals surface area (Å²) in [7, 11) is 0. The van der Waals surface area contributed by atoms with Gasteiger partial charge in [0, 0.05) is 17.8 Å². The largest absolute Gasteiger partial charge is 0.328 e. The normalized spacial score (nSPS) is 13.3. The lowest BCUT2D eigenvalue weighted by Gasteiger charge is -1.99. The zero-order valence-corrected chi connectivity index (χ0v) is 8.12. The molecule has 0 fully saturated rings. The molecule has 0 bridgehead atoms. The van der Waals surface area contributed by atoms with E-state index in [4.69, 9.17) is 5.73 Å². The molecule has 1 rings (SSSR count). The Kier molecular flexibility index (Phi) is 3.17. The van der Waals surface area contributed by atoms with Crippen molar-refractivity contribution in [2.24, 2.45) is 5.73 Å². The van der Waals surface area contributed by atoms with Crippen LogP contribution in [0.5, 0.6) is 0 Å². The minimum atomic E-state index is -0.949. The number of aromatic nitrogens is 1. The third-order valence-corrected chi connectivity index (χ3v) is 2.82. The maximum absolute atomic E-state index is 12.8. The Morgan fingerprint density at radius 1 is 1.58 bits per heavy atom. The first-order valence-corrected chi connectivity index (χ1v) is 4.72. The van der Waals surface area contributed by atoms with Gasteiger partial charge in [0.25, 0.3) is 0 Å². The highest BCUT2D eigenvalue weighted by Crippen LogP contribution is 2.18. The number of nitrogens with two attached hydrogens (primary N) is 1. The highest BCUT2D eigenvalue weighted by molar-refractivity contribution is 7.11. The summed E-state index contributed by atoms with van der Waals surface area (Å²) >= 11 is 1.55. The van der Waals surface area contributed by atoms with Gasteiger partial charge in [0.1, 0.15) is 6.17 Å². The standard InChI is InChI=1S/C8H13FN2S/c1-5-6(2)12-8(11-5)3-7(9)4-10/h7H,3-4,10H2,1-2H3. The van der Waals surface area contributed by atoms with Crippen molar-refractivity contribution in [3.05, 3.63) is 15.6 Å². The van der Waals surface area contributed by atoms with Gasteiger partial charge in [0.05, 0.1) is 10.7 Å². The summed E-state index contributed by atoms with van der Waals surface area (Å²) in [6, 6.07) is 0. The lowest BCUT2D eigenvalue weighted by atomic mass is 10.3. The zero-order valence-electron chi connectivity index (χ0n) is 7.30. The van der Waals surface area contributed by atoms with Crippen molar-refractivity contribution in [2.75, 3.05) is 6.54 Å². The molecule has 0 aliphatic rings. The number of nitrogens with zero attached hydrogens (tertiary/aromatic N) is 1. The second-order valence-electron chi connectivity index (χ2n) is 2.79. The van der Waals surface area contributed by atoms with Crippen LogP contribution in [0.4, 0.5) is 4.39 Å². The molecule has 1 aromatic rings.